The van der Waals surface area contributed by atoms with E-state index in [1.165, 1.54) is 6.07 Å². The predicted molar refractivity (Wildman–Crippen MR) is 82.8 cm³/mol. The molecule has 3 rings (SSSR count). The number of fused-ring (bicyclic) bond motifs is 1. The summed E-state index contributed by atoms with van der Waals surface area (Å²) in [5, 5.41) is 4.29. The van der Waals surface area contributed by atoms with Gasteiger partial charge in [0.15, 0.2) is 0 Å². The summed E-state index contributed by atoms with van der Waals surface area (Å²) >= 11 is 0. The fraction of sp³-hybridized carbons (Fsp3) is 0.389. The van der Waals surface area contributed by atoms with Gasteiger partial charge in [0, 0.05) is 17.0 Å². The second kappa shape index (κ2) is 5.84. The Morgan fingerprint density at radius 1 is 1.05 bits per heavy atom. The second-order valence-electron chi connectivity index (χ2n) is 6.07. The first-order chi connectivity index (χ1) is 10.1. The fourth-order valence-corrected chi connectivity index (χ4v) is 3.13. The van der Waals surface area contributed by atoms with Gasteiger partial charge in [-0.05, 0) is 49.1 Å². The minimum Gasteiger partial charge on any atom is -0.349 e. The van der Waals surface area contributed by atoms with Crippen molar-refractivity contribution in [2.75, 3.05) is 0 Å². The maximum atomic E-state index is 13.8. The number of benzene rings is 2. The molecule has 0 saturated heterocycles. The van der Waals surface area contributed by atoms with Crippen LogP contribution in [0, 0.1) is 11.7 Å². The molecule has 1 amide bonds. The summed E-state index contributed by atoms with van der Waals surface area (Å²) in [6.45, 7) is 2.26. The van der Waals surface area contributed by atoms with Crippen molar-refractivity contribution in [2.45, 2.75) is 38.6 Å². The van der Waals surface area contributed by atoms with E-state index >= 15 is 0 Å². The van der Waals surface area contributed by atoms with Gasteiger partial charge in [0.2, 0.25) is 0 Å². The van der Waals surface area contributed by atoms with Crippen molar-refractivity contribution in [3.63, 3.8) is 0 Å². The van der Waals surface area contributed by atoms with Gasteiger partial charge in [-0.25, -0.2) is 4.39 Å². The van der Waals surface area contributed by atoms with Gasteiger partial charge >= 0.3 is 0 Å². The molecule has 0 spiro atoms. The van der Waals surface area contributed by atoms with Crippen LogP contribution in [0.4, 0.5) is 4.39 Å². The van der Waals surface area contributed by atoms with Gasteiger partial charge in [0.05, 0.1) is 0 Å². The van der Waals surface area contributed by atoms with Crippen LogP contribution in [0.25, 0.3) is 10.8 Å². The zero-order chi connectivity index (χ0) is 14.8. The van der Waals surface area contributed by atoms with Crippen LogP contribution in [0.1, 0.15) is 43.0 Å². The Morgan fingerprint density at radius 3 is 2.43 bits per heavy atom. The number of carbonyl (C=O) groups excluding carboxylic acids is 1. The van der Waals surface area contributed by atoms with Crippen molar-refractivity contribution in [1.29, 1.82) is 0 Å². The molecule has 2 aromatic rings. The summed E-state index contributed by atoms with van der Waals surface area (Å²) < 4.78 is 13.8. The lowest BCUT2D eigenvalue weighted by Gasteiger charge is -2.27. The maximum absolute atomic E-state index is 13.8. The number of hydrogen-bond acceptors (Lipinski definition) is 1. The van der Waals surface area contributed by atoms with E-state index in [1.807, 2.05) is 6.07 Å². The van der Waals surface area contributed by atoms with Gasteiger partial charge in [0.1, 0.15) is 5.82 Å². The first-order valence-electron chi connectivity index (χ1n) is 7.63. The highest BCUT2D eigenvalue weighted by atomic mass is 19.1. The van der Waals surface area contributed by atoms with Crippen LogP contribution >= 0.6 is 0 Å². The molecule has 0 aliphatic heterocycles. The molecule has 2 nitrogen and oxygen atoms in total. The molecule has 0 aromatic heterocycles. The van der Waals surface area contributed by atoms with E-state index in [9.17, 15) is 9.18 Å². The minimum absolute atomic E-state index is 0.0919. The van der Waals surface area contributed by atoms with Crippen molar-refractivity contribution in [3.8, 4) is 0 Å². The lowest BCUT2D eigenvalue weighted by atomic mass is 9.87. The third-order valence-electron chi connectivity index (χ3n) is 4.47. The Kier molecular flexibility index (Phi) is 3.91. The summed E-state index contributed by atoms with van der Waals surface area (Å²) in [4.78, 5) is 12.5. The Bertz CT molecular complexity index is 659. The van der Waals surface area contributed by atoms with Gasteiger partial charge in [-0.1, -0.05) is 31.2 Å². The number of hydrogen-bond donors (Lipinski definition) is 1. The molecule has 0 atom stereocenters. The molecule has 0 unspecified atom stereocenters. The minimum atomic E-state index is -0.284. The third-order valence-corrected chi connectivity index (χ3v) is 4.47. The summed E-state index contributed by atoms with van der Waals surface area (Å²) in [7, 11) is 0. The lowest BCUT2D eigenvalue weighted by Crippen LogP contribution is -2.37. The van der Waals surface area contributed by atoms with Crippen LogP contribution in [-0.4, -0.2) is 11.9 Å². The number of carbonyl (C=O) groups is 1. The molecule has 2 aromatic carbocycles. The van der Waals surface area contributed by atoms with E-state index in [0.717, 1.165) is 31.6 Å². The van der Waals surface area contributed by atoms with E-state index < -0.39 is 0 Å². The van der Waals surface area contributed by atoms with Crippen molar-refractivity contribution in [3.05, 3.63) is 47.8 Å². The SMILES string of the molecule is CC1CCC(NC(=O)c2ccc(F)c3ccccc23)CC1. The highest BCUT2D eigenvalue weighted by Crippen LogP contribution is 2.25. The number of halogens is 1. The average Bonchev–Trinajstić information content (AvgIpc) is 2.50. The predicted octanol–water partition coefficient (Wildman–Crippen LogP) is 4.29. The van der Waals surface area contributed by atoms with Crippen molar-refractivity contribution in [1.82, 2.24) is 5.32 Å². The van der Waals surface area contributed by atoms with Crippen molar-refractivity contribution < 1.29 is 9.18 Å². The molecule has 0 heterocycles. The largest absolute Gasteiger partial charge is 0.349 e. The summed E-state index contributed by atoms with van der Waals surface area (Å²) in [5.74, 6) is 0.379. The van der Waals surface area contributed by atoms with Gasteiger partial charge in [-0.3, -0.25) is 4.79 Å². The number of nitrogens with one attached hydrogen (secondary N) is 1. The molecular formula is C18H20FNO. The molecule has 1 fully saturated rings. The molecule has 3 heteroatoms. The quantitative estimate of drug-likeness (QED) is 0.876. The summed E-state index contributed by atoms with van der Waals surface area (Å²) in [5.41, 5.74) is 0.561. The second-order valence-corrected chi connectivity index (χ2v) is 6.07. The molecule has 0 radical (unpaired) electrons. The highest BCUT2D eigenvalue weighted by Gasteiger charge is 2.21. The zero-order valence-corrected chi connectivity index (χ0v) is 12.2. The molecule has 1 aliphatic rings. The maximum Gasteiger partial charge on any atom is 0.252 e. The van der Waals surface area contributed by atoms with E-state index in [-0.39, 0.29) is 17.8 Å². The van der Waals surface area contributed by atoms with Gasteiger partial charge in [-0.2, -0.15) is 0 Å². The zero-order valence-electron chi connectivity index (χ0n) is 12.2. The van der Waals surface area contributed by atoms with Crippen molar-refractivity contribution >= 4 is 16.7 Å². The van der Waals surface area contributed by atoms with Crippen LogP contribution in [0.5, 0.6) is 0 Å². The van der Waals surface area contributed by atoms with Gasteiger partial charge in [0.25, 0.3) is 5.91 Å². The monoisotopic (exact) mass is 285 g/mol. The molecule has 110 valence electrons. The molecule has 1 aliphatic carbocycles. The first kappa shape index (κ1) is 14.1. The summed E-state index contributed by atoms with van der Waals surface area (Å²) in [6, 6.07) is 10.3. The standard InChI is InChI=1S/C18H20FNO/c1-12-6-8-13(9-7-12)20-18(21)16-10-11-17(19)15-5-3-2-4-14(15)16/h2-5,10-13H,6-9H2,1H3,(H,20,21). The van der Waals surface area contributed by atoms with Gasteiger partial charge < -0.3 is 5.32 Å². The molecule has 0 bridgehead atoms. The molecular weight excluding hydrogens is 265 g/mol. The fourth-order valence-electron chi connectivity index (χ4n) is 3.13. The number of rotatable bonds is 2. The normalized spacial score (nSPS) is 22.2. The third kappa shape index (κ3) is 2.92. The summed E-state index contributed by atoms with van der Waals surface area (Å²) in [6.07, 6.45) is 4.39. The topological polar surface area (TPSA) is 29.1 Å². The van der Waals surface area contributed by atoms with E-state index in [1.54, 1.807) is 24.3 Å². The van der Waals surface area contributed by atoms with Gasteiger partial charge in [-0.15, -0.1) is 0 Å². The van der Waals surface area contributed by atoms with E-state index in [2.05, 4.69) is 12.2 Å². The van der Waals surface area contributed by atoms with Crippen LogP contribution in [0.3, 0.4) is 0 Å². The smallest absolute Gasteiger partial charge is 0.252 e. The lowest BCUT2D eigenvalue weighted by molar-refractivity contribution is 0.0924. The van der Waals surface area contributed by atoms with Crippen LogP contribution in [0.2, 0.25) is 0 Å². The average molecular weight is 285 g/mol. The number of amides is 1. The molecule has 21 heavy (non-hydrogen) atoms. The first-order valence-corrected chi connectivity index (χ1v) is 7.63. The Morgan fingerprint density at radius 2 is 1.71 bits per heavy atom. The molecule has 1 N–H and O–H groups in total. The Balaban J connectivity index is 1.83. The van der Waals surface area contributed by atoms with Crippen LogP contribution in [0.15, 0.2) is 36.4 Å². The van der Waals surface area contributed by atoms with Crippen LogP contribution < -0.4 is 5.32 Å². The Labute approximate surface area is 124 Å². The van der Waals surface area contributed by atoms with Crippen LogP contribution in [-0.2, 0) is 0 Å². The highest BCUT2D eigenvalue weighted by molar-refractivity contribution is 6.07. The molecule has 1 saturated carbocycles. The van der Waals surface area contributed by atoms with Crippen molar-refractivity contribution in [2.24, 2.45) is 5.92 Å². The van der Waals surface area contributed by atoms with E-state index in [0.29, 0.717) is 16.3 Å². The van der Waals surface area contributed by atoms with E-state index in [4.69, 9.17) is 0 Å². The Hall–Kier alpha value is -1.90.